The number of halogens is 18. The fourth-order valence-corrected chi connectivity index (χ4v) is 12.8. The van der Waals surface area contributed by atoms with Crippen molar-refractivity contribution in [1.82, 2.24) is 0 Å². The molecule has 0 aliphatic carbocycles. The topological polar surface area (TPSA) is 133 Å². The van der Waals surface area contributed by atoms with Crippen molar-refractivity contribution in [2.45, 2.75) is 155 Å². The molecule has 0 fully saturated rings. The van der Waals surface area contributed by atoms with E-state index in [1.165, 1.54) is 96.1 Å². The van der Waals surface area contributed by atoms with Gasteiger partial charge in [-0.15, -0.1) is 58.0 Å². The van der Waals surface area contributed by atoms with Gasteiger partial charge in [0.15, 0.2) is 6.61 Å². The Morgan fingerprint density at radius 1 is 0.287 bits per heavy atom. The molecule has 0 amide bonds. The highest BCUT2D eigenvalue weighted by Crippen LogP contribution is 2.42. The van der Waals surface area contributed by atoms with Gasteiger partial charge in [0, 0.05) is 105 Å². The first kappa shape index (κ1) is 117. The monoisotopic (exact) mass is 2010 g/mol. The second-order valence-electron chi connectivity index (χ2n) is 34.0. The molecule has 10 aromatic carbocycles. The van der Waals surface area contributed by atoms with E-state index in [0.717, 1.165) is 51.6 Å². The van der Waals surface area contributed by atoms with Gasteiger partial charge in [-0.25, -0.2) is 17.6 Å². The third kappa shape index (κ3) is 40.2. The zero-order chi connectivity index (χ0) is 99.4. The maximum Gasteiger partial charge on any atom is 0.392 e. The highest BCUT2D eigenvalue weighted by molar-refractivity contribution is 6.19. The van der Waals surface area contributed by atoms with Crippen molar-refractivity contribution in [3.63, 3.8) is 0 Å². The van der Waals surface area contributed by atoms with Crippen LogP contribution in [0.5, 0.6) is 57.5 Å². The van der Waals surface area contributed by atoms with Gasteiger partial charge < -0.3 is 57.6 Å². The summed E-state index contributed by atoms with van der Waals surface area (Å²) in [5, 5.41) is 17.9. The van der Waals surface area contributed by atoms with E-state index in [9.17, 15) is 62.2 Å². The van der Waals surface area contributed by atoms with Gasteiger partial charge in [0.25, 0.3) is 11.8 Å². The molecule has 5 unspecified atom stereocenters. The minimum Gasteiger partial charge on any atom is -0.494 e. The molecule has 12 nitrogen and oxygen atoms in total. The summed E-state index contributed by atoms with van der Waals surface area (Å²) in [5.74, 6) is -1.11. The maximum atomic E-state index is 14.7. The molecule has 0 radical (unpaired) electrons. The Bertz CT molecular complexity index is 4780. The molecular formula is C106H126Cl5F13O12. The Balaban J connectivity index is 0.000000300. The van der Waals surface area contributed by atoms with Crippen molar-refractivity contribution < 1.29 is 115 Å². The molecule has 136 heavy (non-hydrogen) atoms. The van der Waals surface area contributed by atoms with Gasteiger partial charge in [-0.2, -0.15) is 30.7 Å². The molecule has 0 heterocycles. The molecule has 30 heteroatoms. The van der Waals surface area contributed by atoms with Crippen LogP contribution in [-0.4, -0.2) is 150 Å². The fraction of sp³-hybridized carbons (Fsp3) is 0.434. The van der Waals surface area contributed by atoms with Crippen LogP contribution < -0.4 is 47.4 Å². The van der Waals surface area contributed by atoms with Crippen molar-refractivity contribution in [3.8, 4) is 57.5 Å². The number of aliphatic hydroxyl groups excluding tert-OH is 2. The second kappa shape index (κ2) is 58.5. The molecule has 0 saturated heterocycles. The zero-order valence-corrected chi connectivity index (χ0v) is 81.2. The lowest BCUT2D eigenvalue weighted by Gasteiger charge is -2.26. The second-order valence-corrected chi connectivity index (χ2v) is 35.5. The van der Waals surface area contributed by atoms with Crippen LogP contribution >= 0.6 is 58.0 Å². The van der Waals surface area contributed by atoms with Crippen LogP contribution in [0.4, 0.5) is 57.1 Å². The van der Waals surface area contributed by atoms with E-state index in [1.807, 2.05) is 118 Å². The fourth-order valence-electron chi connectivity index (χ4n) is 12.3. The predicted molar refractivity (Wildman–Crippen MR) is 519 cm³/mol. The largest absolute Gasteiger partial charge is 0.494 e. The highest BCUT2D eigenvalue weighted by atomic mass is 35.5. The van der Waals surface area contributed by atoms with Gasteiger partial charge in [-0.3, -0.25) is 8.78 Å². The Hall–Kier alpha value is -9.34. The summed E-state index contributed by atoms with van der Waals surface area (Å²) < 4.78 is 224. The molecule has 10 aromatic rings. The average Bonchev–Trinajstić information content (AvgIpc) is 0.824. The Morgan fingerprint density at radius 2 is 0.493 bits per heavy atom. The average molecular weight is 2020 g/mol. The molecule has 0 spiro atoms. The number of ether oxygens (including phenoxy) is 10. The van der Waals surface area contributed by atoms with Gasteiger partial charge in [-0.05, 0) is 203 Å². The third-order valence-corrected chi connectivity index (χ3v) is 23.6. The number of rotatable bonds is 49. The Kier molecular flexibility index (Phi) is 50.4. The van der Waals surface area contributed by atoms with Crippen molar-refractivity contribution >= 4 is 58.0 Å². The summed E-state index contributed by atoms with van der Waals surface area (Å²) >= 11 is 28.6. The summed E-state index contributed by atoms with van der Waals surface area (Å²) in [6.45, 7) is 19.9. The Labute approximate surface area is 817 Å². The lowest BCUT2D eigenvalue weighted by molar-refractivity contribution is -0.139. The first-order valence-corrected chi connectivity index (χ1v) is 46.8. The number of hydrogen-bond acceptors (Lipinski definition) is 12. The van der Waals surface area contributed by atoms with E-state index in [1.54, 1.807) is 12.1 Å². The van der Waals surface area contributed by atoms with Crippen LogP contribution in [0.15, 0.2) is 243 Å². The summed E-state index contributed by atoms with van der Waals surface area (Å²) in [6, 6.07) is 67.9. The number of hydrogen-bond donors (Lipinski definition) is 2. The van der Waals surface area contributed by atoms with Gasteiger partial charge in [-0.1, -0.05) is 149 Å². The number of benzene rings is 10. The summed E-state index contributed by atoms with van der Waals surface area (Å²) in [6.07, 6.45) is -7.81. The minimum absolute atomic E-state index is 0. The standard InChI is InChI=1S/C22H27ClF2O2.C22H28ClFO2.C21H24ClF3O3.C20H21ClF4O3.C20H22ClF3O2.CH4/c1-16(14-23)15-27-20-10-6-18(7-11-20)22(2,3)17-4-8-19(9-5-17)26-13-12-21(24)25;1-17(15-23)16-26-21-11-7-19(8-12-21)22(2,3)18-5-9-20(10-6-18)25-14-4-13-24;1-20(2,16-5-9-19(10-6-16)28-14-17(26)13-22)15-3-7-18(8-4-15)27-12-11-21(23,24)25;1-14(10-21)11-27-17-6-2-15(3-7-17)20(24,25)16-4-8-18(9-5-16)28-13-19(22,23)12-26;1-15(13-21)14-26-19-9-5-17(6-10-19)20(23,24)16-3-7-18(8-4-16)25-12-2-11-22;/h4-11,16,21H,12-15H2,1-3H3;5-12,17H,4,13-16H2,1-3H3;3-10,17,26H,11-14H2,1-2H3;2-9,14,26H,10-13H2,1H3;3-10,15H,2,11-14H2,1H3;1H4. The molecule has 748 valence electrons. The molecule has 0 aliphatic heterocycles. The highest BCUT2D eigenvalue weighted by Gasteiger charge is 2.37. The maximum absolute atomic E-state index is 14.7. The normalized spacial score (nSPS) is 12.8. The number of alkyl halides is 18. The van der Waals surface area contributed by atoms with Crippen LogP contribution in [0, 0.1) is 23.7 Å². The van der Waals surface area contributed by atoms with Gasteiger partial charge in [0.2, 0.25) is 6.43 Å². The van der Waals surface area contributed by atoms with E-state index >= 15 is 0 Å². The minimum atomic E-state index is -4.22. The molecule has 5 atom stereocenters. The van der Waals surface area contributed by atoms with Crippen molar-refractivity contribution in [3.05, 3.63) is 298 Å². The van der Waals surface area contributed by atoms with Gasteiger partial charge >= 0.3 is 12.1 Å². The van der Waals surface area contributed by atoms with Crippen LogP contribution in [0.2, 0.25) is 0 Å². The first-order chi connectivity index (χ1) is 64.0. The summed E-state index contributed by atoms with van der Waals surface area (Å²) in [7, 11) is 0. The van der Waals surface area contributed by atoms with Crippen molar-refractivity contribution in [1.29, 1.82) is 0 Å². The van der Waals surface area contributed by atoms with Crippen LogP contribution in [0.25, 0.3) is 0 Å². The molecule has 0 aliphatic rings. The molecule has 0 aromatic heterocycles. The first-order valence-electron chi connectivity index (χ1n) is 44.1. The molecule has 0 bridgehead atoms. The molecule has 0 saturated carbocycles. The van der Waals surface area contributed by atoms with Crippen molar-refractivity contribution in [2.24, 2.45) is 23.7 Å². The van der Waals surface area contributed by atoms with E-state index in [2.05, 4.69) is 84.9 Å². The smallest absolute Gasteiger partial charge is 0.392 e. The summed E-state index contributed by atoms with van der Waals surface area (Å²) in [4.78, 5) is 0. The van der Waals surface area contributed by atoms with Crippen molar-refractivity contribution in [2.75, 3.05) is 115 Å². The van der Waals surface area contributed by atoms with E-state index < -0.39 is 69.4 Å². The van der Waals surface area contributed by atoms with Crippen LogP contribution in [-0.2, 0) is 28.1 Å². The lowest BCUT2D eigenvalue weighted by atomic mass is 9.78. The molecule has 2 N–H and O–H groups in total. The van der Waals surface area contributed by atoms with E-state index in [4.69, 9.17) is 110 Å². The third-order valence-electron chi connectivity index (χ3n) is 21.2. The van der Waals surface area contributed by atoms with Gasteiger partial charge in [0.1, 0.15) is 76.8 Å². The Morgan fingerprint density at radius 3 is 0.699 bits per heavy atom. The lowest BCUT2D eigenvalue weighted by Crippen LogP contribution is -2.29. The SMILES string of the molecule is C.CC(C)(c1ccc(OCCC(F)(F)F)cc1)c1ccc(OCC(O)CCl)cc1.CC(CCl)COc1ccc(C(C)(C)c2ccc(OCCC(F)F)cc2)cc1.CC(CCl)COc1ccc(C(C)(C)c2ccc(OCCCF)cc2)cc1.CC(CCl)COc1ccc(C(F)(F)c2ccc(OCC(F)(F)CO)cc2)cc1.CC(CCl)COc1ccc(C(F)(F)c2ccc(OCCCF)cc2)cc1. The van der Waals surface area contributed by atoms with Crippen LogP contribution in [0.3, 0.4) is 0 Å². The zero-order valence-electron chi connectivity index (χ0n) is 77.4. The van der Waals surface area contributed by atoms with Crippen LogP contribution in [0.1, 0.15) is 158 Å². The number of aliphatic hydroxyl groups is 2. The quantitative estimate of drug-likeness (QED) is 0.0214. The predicted octanol–water partition coefficient (Wildman–Crippen LogP) is 29.2. The molecular weight excluding hydrogens is 1890 g/mol. The molecule has 10 rings (SSSR count). The summed E-state index contributed by atoms with van der Waals surface area (Å²) in [5.41, 5.74) is 5.26. The van der Waals surface area contributed by atoms with E-state index in [-0.39, 0.29) is 109 Å². The van der Waals surface area contributed by atoms with Gasteiger partial charge in [0.05, 0.1) is 78.5 Å². The van der Waals surface area contributed by atoms with E-state index in [0.29, 0.717) is 109 Å².